The summed E-state index contributed by atoms with van der Waals surface area (Å²) in [5, 5.41) is 11.6. The summed E-state index contributed by atoms with van der Waals surface area (Å²) in [4.78, 5) is 4.17. The molecule has 0 aliphatic carbocycles. The molecule has 0 spiro atoms. The molecular formula is C19H24NOP. The van der Waals surface area contributed by atoms with Gasteiger partial charge in [0.1, 0.15) is 5.75 Å². The predicted octanol–water partition coefficient (Wildman–Crippen LogP) is 4.30. The first-order valence-electron chi connectivity index (χ1n) is 7.45. The first-order valence-corrected chi connectivity index (χ1v) is 8.45. The fourth-order valence-electron chi connectivity index (χ4n) is 2.61. The zero-order valence-corrected chi connectivity index (χ0v) is 14.9. The molecule has 22 heavy (non-hydrogen) atoms. The van der Waals surface area contributed by atoms with Crippen molar-refractivity contribution in [2.24, 2.45) is 4.99 Å². The van der Waals surface area contributed by atoms with Crippen molar-refractivity contribution in [1.29, 1.82) is 0 Å². The van der Waals surface area contributed by atoms with E-state index in [0.717, 1.165) is 11.1 Å². The molecule has 1 atom stereocenters. The molecule has 3 heteroatoms. The SMILES string of the molecule is C/N=C/c1cc(C)ccc1PC(C)(C)c1cccc(C)c1O. The van der Waals surface area contributed by atoms with Gasteiger partial charge in [0.2, 0.25) is 0 Å². The lowest BCUT2D eigenvalue weighted by molar-refractivity contribution is 0.457. The third kappa shape index (κ3) is 3.56. The Morgan fingerprint density at radius 3 is 2.55 bits per heavy atom. The van der Waals surface area contributed by atoms with Gasteiger partial charge in [-0.15, -0.1) is 0 Å². The maximum absolute atomic E-state index is 10.4. The summed E-state index contributed by atoms with van der Waals surface area (Å²) in [6.07, 6.45) is 1.92. The van der Waals surface area contributed by atoms with E-state index in [0.29, 0.717) is 14.3 Å². The number of hydrogen-bond donors (Lipinski definition) is 1. The van der Waals surface area contributed by atoms with Gasteiger partial charge in [0, 0.05) is 24.0 Å². The minimum Gasteiger partial charge on any atom is -0.507 e. The number of aryl methyl sites for hydroxylation is 2. The van der Waals surface area contributed by atoms with Crippen LogP contribution in [0.3, 0.4) is 0 Å². The van der Waals surface area contributed by atoms with Crippen molar-refractivity contribution in [2.45, 2.75) is 32.9 Å². The molecular weight excluding hydrogens is 289 g/mol. The molecule has 0 aliphatic heterocycles. The molecule has 0 saturated heterocycles. The van der Waals surface area contributed by atoms with Crippen molar-refractivity contribution in [3.63, 3.8) is 0 Å². The summed E-state index contributed by atoms with van der Waals surface area (Å²) >= 11 is 0. The molecule has 0 radical (unpaired) electrons. The summed E-state index contributed by atoms with van der Waals surface area (Å²) in [5.41, 5.74) is 4.33. The molecule has 2 aromatic carbocycles. The number of aromatic hydroxyl groups is 1. The van der Waals surface area contributed by atoms with Gasteiger partial charge in [0.25, 0.3) is 0 Å². The van der Waals surface area contributed by atoms with Gasteiger partial charge >= 0.3 is 0 Å². The third-order valence-corrected chi connectivity index (χ3v) is 5.45. The summed E-state index contributed by atoms with van der Waals surface area (Å²) in [7, 11) is 2.35. The van der Waals surface area contributed by atoms with Crippen molar-refractivity contribution < 1.29 is 5.11 Å². The Balaban J connectivity index is 2.42. The van der Waals surface area contributed by atoms with E-state index >= 15 is 0 Å². The minimum atomic E-state index is -0.123. The molecule has 0 aliphatic rings. The van der Waals surface area contributed by atoms with Crippen LogP contribution in [0.4, 0.5) is 0 Å². The number of aliphatic imine (C=N–C) groups is 1. The van der Waals surface area contributed by atoms with E-state index in [1.54, 1.807) is 7.05 Å². The molecule has 0 heterocycles. The fraction of sp³-hybridized carbons (Fsp3) is 0.316. The van der Waals surface area contributed by atoms with Crippen LogP contribution in [0, 0.1) is 13.8 Å². The third-order valence-electron chi connectivity index (χ3n) is 3.83. The summed E-state index contributed by atoms with van der Waals surface area (Å²) in [6, 6.07) is 12.5. The number of phenolic OH excluding ortho intramolecular Hbond substituents is 1. The second-order valence-corrected chi connectivity index (χ2v) is 8.24. The second kappa shape index (κ2) is 6.62. The van der Waals surface area contributed by atoms with E-state index in [2.05, 4.69) is 44.0 Å². The second-order valence-electron chi connectivity index (χ2n) is 6.20. The fourth-order valence-corrected chi connectivity index (χ4v) is 4.07. The van der Waals surface area contributed by atoms with Crippen LogP contribution in [0.15, 0.2) is 41.4 Å². The Kier molecular flexibility index (Phi) is 5.03. The topological polar surface area (TPSA) is 32.6 Å². The van der Waals surface area contributed by atoms with E-state index in [1.807, 2.05) is 31.3 Å². The molecule has 2 nitrogen and oxygen atoms in total. The van der Waals surface area contributed by atoms with E-state index in [-0.39, 0.29) is 5.16 Å². The van der Waals surface area contributed by atoms with Crippen molar-refractivity contribution in [1.82, 2.24) is 0 Å². The highest BCUT2D eigenvalue weighted by Crippen LogP contribution is 2.45. The van der Waals surface area contributed by atoms with Crippen molar-refractivity contribution in [2.75, 3.05) is 7.05 Å². The molecule has 0 aromatic heterocycles. The first-order chi connectivity index (χ1) is 10.3. The number of phenols is 1. The monoisotopic (exact) mass is 313 g/mol. The largest absolute Gasteiger partial charge is 0.507 e. The van der Waals surface area contributed by atoms with Crippen LogP contribution in [-0.4, -0.2) is 18.4 Å². The molecule has 2 rings (SSSR count). The molecule has 0 saturated carbocycles. The highest BCUT2D eigenvalue weighted by molar-refractivity contribution is 7.48. The standard InChI is InChI=1S/C19H24NOP/c1-13-9-10-17(15(11-13)12-20-5)22-19(3,4)16-8-6-7-14(2)18(16)21/h6-12,21-22H,1-5H3/b20-12+. The Morgan fingerprint density at radius 1 is 1.14 bits per heavy atom. The van der Waals surface area contributed by atoms with Gasteiger partial charge in [-0.3, -0.25) is 4.99 Å². The summed E-state index contributed by atoms with van der Waals surface area (Å²) in [6.45, 7) is 8.41. The molecule has 116 valence electrons. The highest BCUT2D eigenvalue weighted by atomic mass is 31.1. The number of rotatable bonds is 4. The Labute approximate surface area is 135 Å². The molecule has 0 fully saturated rings. The maximum atomic E-state index is 10.4. The average molecular weight is 313 g/mol. The van der Waals surface area contributed by atoms with Crippen LogP contribution in [0.5, 0.6) is 5.75 Å². The Morgan fingerprint density at radius 2 is 1.86 bits per heavy atom. The number of para-hydroxylation sites is 1. The van der Waals surface area contributed by atoms with Gasteiger partial charge in [-0.1, -0.05) is 58.3 Å². The van der Waals surface area contributed by atoms with Crippen LogP contribution in [0.25, 0.3) is 0 Å². The van der Waals surface area contributed by atoms with Crippen LogP contribution >= 0.6 is 8.58 Å². The van der Waals surface area contributed by atoms with Crippen LogP contribution in [0.2, 0.25) is 0 Å². The van der Waals surface area contributed by atoms with Crippen LogP contribution < -0.4 is 5.30 Å². The summed E-state index contributed by atoms with van der Waals surface area (Å²) in [5.74, 6) is 0.415. The van der Waals surface area contributed by atoms with Gasteiger partial charge in [-0.25, -0.2) is 0 Å². The van der Waals surface area contributed by atoms with Gasteiger partial charge in [0.05, 0.1) is 0 Å². The maximum Gasteiger partial charge on any atom is 0.122 e. The first kappa shape index (κ1) is 16.7. The van der Waals surface area contributed by atoms with Gasteiger partial charge < -0.3 is 5.11 Å². The molecule has 2 aromatic rings. The number of benzene rings is 2. The number of hydrogen-bond acceptors (Lipinski definition) is 2. The number of nitrogens with zero attached hydrogens (tertiary/aromatic N) is 1. The molecule has 1 unspecified atom stereocenters. The van der Waals surface area contributed by atoms with Gasteiger partial charge in [-0.05, 0) is 36.3 Å². The van der Waals surface area contributed by atoms with Crippen molar-refractivity contribution in [3.05, 3.63) is 58.7 Å². The average Bonchev–Trinajstić information content (AvgIpc) is 2.45. The lowest BCUT2D eigenvalue weighted by Crippen LogP contribution is -2.17. The molecule has 1 N–H and O–H groups in total. The van der Waals surface area contributed by atoms with Gasteiger partial charge in [0.15, 0.2) is 0 Å². The van der Waals surface area contributed by atoms with E-state index in [1.165, 1.54) is 16.4 Å². The highest BCUT2D eigenvalue weighted by Gasteiger charge is 2.25. The van der Waals surface area contributed by atoms with Gasteiger partial charge in [-0.2, -0.15) is 0 Å². The minimum absolute atomic E-state index is 0.123. The molecule has 0 bridgehead atoms. The molecule has 0 amide bonds. The van der Waals surface area contributed by atoms with E-state index < -0.39 is 0 Å². The van der Waals surface area contributed by atoms with Crippen LogP contribution in [-0.2, 0) is 5.16 Å². The Hall–Kier alpha value is -1.66. The van der Waals surface area contributed by atoms with Crippen molar-refractivity contribution in [3.8, 4) is 5.75 Å². The van der Waals surface area contributed by atoms with Crippen LogP contribution in [0.1, 0.15) is 36.1 Å². The van der Waals surface area contributed by atoms with Crippen molar-refractivity contribution >= 4 is 20.1 Å². The summed E-state index contributed by atoms with van der Waals surface area (Å²) < 4.78 is 0. The quantitative estimate of drug-likeness (QED) is 0.662. The Bertz CT molecular complexity index is 705. The zero-order valence-electron chi connectivity index (χ0n) is 13.9. The normalized spacial score (nSPS) is 12.6. The lowest BCUT2D eigenvalue weighted by Gasteiger charge is -2.28. The van der Waals surface area contributed by atoms with E-state index in [9.17, 15) is 5.11 Å². The zero-order chi connectivity index (χ0) is 16.3. The van der Waals surface area contributed by atoms with E-state index in [4.69, 9.17) is 0 Å². The predicted molar refractivity (Wildman–Crippen MR) is 98.5 cm³/mol. The lowest BCUT2D eigenvalue weighted by atomic mass is 9.99. The smallest absolute Gasteiger partial charge is 0.122 e.